The van der Waals surface area contributed by atoms with E-state index >= 15 is 0 Å². The largest absolute Gasteiger partial charge is 0.375 e. The normalized spacial score (nSPS) is 15.9. The Hall–Kier alpha value is -1.61. The van der Waals surface area contributed by atoms with Crippen molar-refractivity contribution < 1.29 is 4.39 Å². The van der Waals surface area contributed by atoms with Gasteiger partial charge in [-0.3, -0.25) is 0 Å². The van der Waals surface area contributed by atoms with Crippen LogP contribution in [0.15, 0.2) is 36.5 Å². The lowest BCUT2D eigenvalue weighted by atomic mass is 10.0. The van der Waals surface area contributed by atoms with E-state index in [0.717, 1.165) is 16.8 Å². The summed E-state index contributed by atoms with van der Waals surface area (Å²) >= 11 is 6.14. The standard InChI is InChI=1S/C16H16ClFN2/c1-10-8-14(16(17)19-9-10)20-15(11-2-3-11)12-4-6-13(18)7-5-12/h4-9,11,15,20H,2-3H2,1H3. The highest BCUT2D eigenvalue weighted by Gasteiger charge is 2.32. The van der Waals surface area contributed by atoms with Crippen LogP contribution >= 0.6 is 11.6 Å². The van der Waals surface area contributed by atoms with Crippen molar-refractivity contribution in [2.75, 3.05) is 5.32 Å². The molecule has 0 saturated heterocycles. The highest BCUT2D eigenvalue weighted by Crippen LogP contribution is 2.43. The van der Waals surface area contributed by atoms with Gasteiger partial charge in [-0.15, -0.1) is 0 Å². The molecule has 0 aliphatic heterocycles. The first-order valence-electron chi connectivity index (χ1n) is 6.77. The molecule has 1 heterocycles. The van der Waals surface area contributed by atoms with Crippen LogP contribution in [0.25, 0.3) is 0 Å². The summed E-state index contributed by atoms with van der Waals surface area (Å²) in [6.07, 6.45) is 4.12. The molecule has 0 bridgehead atoms. The van der Waals surface area contributed by atoms with Crippen LogP contribution < -0.4 is 5.32 Å². The van der Waals surface area contributed by atoms with Gasteiger partial charge in [-0.25, -0.2) is 9.37 Å². The third-order valence-corrected chi connectivity index (χ3v) is 3.91. The van der Waals surface area contributed by atoms with Gasteiger partial charge in [-0.1, -0.05) is 23.7 Å². The quantitative estimate of drug-likeness (QED) is 0.822. The minimum absolute atomic E-state index is 0.164. The Labute approximate surface area is 123 Å². The van der Waals surface area contributed by atoms with E-state index in [4.69, 9.17) is 11.6 Å². The van der Waals surface area contributed by atoms with Gasteiger partial charge >= 0.3 is 0 Å². The summed E-state index contributed by atoms with van der Waals surface area (Å²) < 4.78 is 13.1. The number of pyridine rings is 1. The molecular formula is C16H16ClFN2. The van der Waals surface area contributed by atoms with Gasteiger partial charge < -0.3 is 5.32 Å². The molecule has 2 aromatic rings. The van der Waals surface area contributed by atoms with E-state index in [1.54, 1.807) is 6.20 Å². The molecule has 1 aromatic carbocycles. The number of aromatic nitrogens is 1. The van der Waals surface area contributed by atoms with Gasteiger partial charge in [0.05, 0.1) is 11.7 Å². The van der Waals surface area contributed by atoms with Gasteiger partial charge in [-0.2, -0.15) is 0 Å². The summed E-state index contributed by atoms with van der Waals surface area (Å²) in [6.45, 7) is 1.98. The van der Waals surface area contributed by atoms with Crippen LogP contribution in [0.3, 0.4) is 0 Å². The summed E-state index contributed by atoms with van der Waals surface area (Å²) in [7, 11) is 0. The van der Waals surface area contributed by atoms with Crippen molar-refractivity contribution in [3.8, 4) is 0 Å². The number of rotatable bonds is 4. The maximum atomic E-state index is 13.1. The minimum atomic E-state index is -0.210. The van der Waals surface area contributed by atoms with Crippen LogP contribution in [0.2, 0.25) is 5.15 Å². The predicted molar refractivity (Wildman–Crippen MR) is 79.5 cm³/mol. The number of nitrogens with one attached hydrogen (secondary N) is 1. The SMILES string of the molecule is Cc1cnc(Cl)c(NC(c2ccc(F)cc2)C2CC2)c1. The molecule has 104 valence electrons. The maximum absolute atomic E-state index is 13.1. The summed E-state index contributed by atoms with van der Waals surface area (Å²) in [6, 6.07) is 8.83. The van der Waals surface area contributed by atoms with Gasteiger partial charge in [-0.05, 0) is 55.0 Å². The Morgan fingerprint density at radius 1 is 1.30 bits per heavy atom. The Balaban J connectivity index is 1.88. The lowest BCUT2D eigenvalue weighted by Gasteiger charge is -2.21. The van der Waals surface area contributed by atoms with Crippen molar-refractivity contribution in [1.29, 1.82) is 0 Å². The smallest absolute Gasteiger partial charge is 0.152 e. The van der Waals surface area contributed by atoms with E-state index in [-0.39, 0.29) is 11.9 Å². The van der Waals surface area contributed by atoms with Gasteiger partial charge in [0.2, 0.25) is 0 Å². The van der Waals surface area contributed by atoms with Crippen molar-refractivity contribution in [2.24, 2.45) is 5.92 Å². The molecule has 1 unspecified atom stereocenters. The van der Waals surface area contributed by atoms with Crippen LogP contribution in [0.1, 0.15) is 30.0 Å². The first-order chi connectivity index (χ1) is 9.63. The molecule has 1 saturated carbocycles. The third-order valence-electron chi connectivity index (χ3n) is 3.61. The Morgan fingerprint density at radius 3 is 2.65 bits per heavy atom. The van der Waals surface area contributed by atoms with Gasteiger partial charge in [0, 0.05) is 6.20 Å². The number of anilines is 1. The van der Waals surface area contributed by atoms with E-state index in [9.17, 15) is 4.39 Å². The summed E-state index contributed by atoms with van der Waals surface area (Å²) in [5, 5.41) is 3.94. The van der Waals surface area contributed by atoms with Crippen molar-refractivity contribution in [3.05, 3.63) is 58.6 Å². The lowest BCUT2D eigenvalue weighted by molar-refractivity contribution is 0.622. The van der Waals surface area contributed by atoms with Crippen LogP contribution in [-0.4, -0.2) is 4.98 Å². The Kier molecular flexibility index (Phi) is 3.62. The molecule has 0 radical (unpaired) electrons. The second-order valence-corrected chi connectivity index (χ2v) is 5.72. The molecule has 1 aliphatic rings. The second-order valence-electron chi connectivity index (χ2n) is 5.36. The van der Waals surface area contributed by atoms with E-state index < -0.39 is 0 Å². The number of hydrogen-bond donors (Lipinski definition) is 1. The predicted octanol–water partition coefficient (Wildman–Crippen LogP) is 4.75. The molecule has 20 heavy (non-hydrogen) atoms. The molecule has 1 aromatic heterocycles. The molecule has 3 rings (SSSR count). The number of hydrogen-bond acceptors (Lipinski definition) is 2. The number of halogens is 2. The van der Waals surface area contributed by atoms with Crippen LogP contribution in [0.5, 0.6) is 0 Å². The van der Waals surface area contributed by atoms with Crippen LogP contribution in [0.4, 0.5) is 10.1 Å². The third kappa shape index (κ3) is 2.93. The van der Waals surface area contributed by atoms with E-state index in [2.05, 4.69) is 10.3 Å². The summed E-state index contributed by atoms with van der Waals surface area (Å²) in [5.41, 5.74) is 2.99. The van der Waals surface area contributed by atoms with E-state index in [1.807, 2.05) is 25.1 Å². The fraction of sp³-hybridized carbons (Fsp3) is 0.312. The van der Waals surface area contributed by atoms with Gasteiger partial charge in [0.1, 0.15) is 5.82 Å². The van der Waals surface area contributed by atoms with Crippen molar-refractivity contribution in [1.82, 2.24) is 4.98 Å². The van der Waals surface area contributed by atoms with Crippen LogP contribution in [0, 0.1) is 18.7 Å². The fourth-order valence-corrected chi connectivity index (χ4v) is 2.55. The average molecular weight is 291 g/mol. The number of aryl methyl sites for hydroxylation is 1. The molecule has 4 heteroatoms. The van der Waals surface area contributed by atoms with Gasteiger partial charge in [0.15, 0.2) is 5.15 Å². The van der Waals surface area contributed by atoms with Gasteiger partial charge in [0.25, 0.3) is 0 Å². The van der Waals surface area contributed by atoms with E-state index in [1.165, 1.54) is 25.0 Å². The lowest BCUT2D eigenvalue weighted by Crippen LogP contribution is -2.13. The van der Waals surface area contributed by atoms with Crippen LogP contribution in [-0.2, 0) is 0 Å². The minimum Gasteiger partial charge on any atom is -0.375 e. The number of benzene rings is 1. The first kappa shape index (κ1) is 13.4. The maximum Gasteiger partial charge on any atom is 0.152 e. The average Bonchev–Trinajstić information content (AvgIpc) is 3.25. The fourth-order valence-electron chi connectivity index (χ4n) is 2.39. The highest BCUT2D eigenvalue weighted by molar-refractivity contribution is 6.32. The highest BCUT2D eigenvalue weighted by atomic mass is 35.5. The molecule has 1 fully saturated rings. The van der Waals surface area contributed by atoms with Crippen molar-refractivity contribution >= 4 is 17.3 Å². The second kappa shape index (κ2) is 5.41. The zero-order valence-electron chi connectivity index (χ0n) is 11.2. The van der Waals surface area contributed by atoms with Crippen molar-refractivity contribution in [2.45, 2.75) is 25.8 Å². The molecule has 0 spiro atoms. The first-order valence-corrected chi connectivity index (χ1v) is 7.15. The van der Waals surface area contributed by atoms with E-state index in [0.29, 0.717) is 11.1 Å². The molecule has 2 nitrogen and oxygen atoms in total. The molecular weight excluding hydrogens is 275 g/mol. The topological polar surface area (TPSA) is 24.9 Å². The number of nitrogens with zero attached hydrogens (tertiary/aromatic N) is 1. The summed E-state index contributed by atoms with van der Waals surface area (Å²) in [4.78, 5) is 4.16. The van der Waals surface area contributed by atoms with Crippen molar-refractivity contribution in [3.63, 3.8) is 0 Å². The molecule has 1 atom stereocenters. The zero-order chi connectivity index (χ0) is 14.1. The summed E-state index contributed by atoms with van der Waals surface area (Å²) in [5.74, 6) is 0.371. The molecule has 1 aliphatic carbocycles. The Morgan fingerprint density at radius 2 is 2.00 bits per heavy atom. The zero-order valence-corrected chi connectivity index (χ0v) is 12.0. The molecule has 1 N–H and O–H groups in total. The molecule has 0 amide bonds. The Bertz CT molecular complexity index is 608. The monoisotopic (exact) mass is 290 g/mol.